The first kappa shape index (κ1) is 14.1. The predicted molar refractivity (Wildman–Crippen MR) is 73.0 cm³/mol. The van der Waals surface area contributed by atoms with Crippen LogP contribution >= 0.6 is 11.8 Å². The third-order valence-corrected chi connectivity index (χ3v) is 3.22. The van der Waals surface area contributed by atoms with Crippen LogP contribution in [0.3, 0.4) is 0 Å². The molecular weight excluding hydrogens is 232 g/mol. The molecule has 94 valence electrons. The molecule has 0 bridgehead atoms. The summed E-state index contributed by atoms with van der Waals surface area (Å²) < 4.78 is 0. The Morgan fingerprint density at radius 3 is 2.59 bits per heavy atom. The van der Waals surface area contributed by atoms with E-state index in [1.165, 1.54) is 4.90 Å². The number of carbonyl (C=O) groups excluding carboxylic acids is 1. The van der Waals surface area contributed by atoms with E-state index < -0.39 is 0 Å². The van der Waals surface area contributed by atoms with Crippen molar-refractivity contribution < 1.29 is 4.79 Å². The minimum absolute atomic E-state index is 0.0660. The molecule has 0 aromatic heterocycles. The van der Waals surface area contributed by atoms with Crippen LogP contribution in [0.4, 0.5) is 0 Å². The summed E-state index contributed by atoms with van der Waals surface area (Å²) in [6, 6.07) is 8.29. The van der Waals surface area contributed by atoms with Crippen molar-refractivity contribution in [3.8, 4) is 0 Å². The minimum Gasteiger partial charge on any atom is -0.352 e. The molecule has 17 heavy (non-hydrogen) atoms. The molecule has 0 radical (unpaired) electrons. The maximum absolute atomic E-state index is 11.5. The molecule has 0 saturated carbocycles. The van der Waals surface area contributed by atoms with E-state index in [1.807, 2.05) is 25.3 Å². The molecule has 1 amide bonds. The van der Waals surface area contributed by atoms with Crippen molar-refractivity contribution in [3.05, 3.63) is 29.8 Å². The number of hydrogen-bond acceptors (Lipinski definition) is 3. The van der Waals surface area contributed by atoms with Gasteiger partial charge < -0.3 is 11.1 Å². The zero-order valence-electron chi connectivity index (χ0n) is 10.4. The molecule has 0 spiro atoms. The number of rotatable bonds is 6. The zero-order valence-corrected chi connectivity index (χ0v) is 11.2. The highest BCUT2D eigenvalue weighted by molar-refractivity contribution is 7.98. The molecule has 3 N–H and O–H groups in total. The van der Waals surface area contributed by atoms with Gasteiger partial charge in [-0.15, -0.1) is 11.8 Å². The van der Waals surface area contributed by atoms with E-state index >= 15 is 0 Å². The van der Waals surface area contributed by atoms with Gasteiger partial charge >= 0.3 is 0 Å². The number of carbonyl (C=O) groups is 1. The van der Waals surface area contributed by atoms with Gasteiger partial charge in [0.05, 0.1) is 0 Å². The molecule has 0 saturated heterocycles. The highest BCUT2D eigenvalue weighted by Crippen LogP contribution is 2.14. The molecular formula is C13H20N2OS. The average molecular weight is 252 g/mol. The molecule has 1 aromatic carbocycles. The Kier molecular flexibility index (Phi) is 6.08. The lowest BCUT2D eigenvalue weighted by atomic mass is 10.2. The van der Waals surface area contributed by atoms with E-state index in [2.05, 4.69) is 17.4 Å². The highest BCUT2D eigenvalue weighted by atomic mass is 32.2. The van der Waals surface area contributed by atoms with Crippen LogP contribution in [0.15, 0.2) is 29.2 Å². The van der Waals surface area contributed by atoms with Crippen LogP contribution in [0, 0.1) is 0 Å². The minimum atomic E-state index is 0.0660. The summed E-state index contributed by atoms with van der Waals surface area (Å²) in [4.78, 5) is 12.7. The Morgan fingerprint density at radius 2 is 2.06 bits per heavy atom. The second kappa shape index (κ2) is 7.35. The van der Waals surface area contributed by atoms with E-state index in [0.29, 0.717) is 13.0 Å². The second-order valence-corrected chi connectivity index (χ2v) is 5.02. The molecule has 1 atom stereocenters. The molecule has 4 heteroatoms. The summed E-state index contributed by atoms with van der Waals surface area (Å²) in [6.45, 7) is 2.50. The van der Waals surface area contributed by atoms with Crippen LogP contribution in [0.2, 0.25) is 0 Å². The molecule has 0 heterocycles. The van der Waals surface area contributed by atoms with Crippen molar-refractivity contribution in [1.29, 1.82) is 0 Å². The maximum Gasteiger partial charge on any atom is 0.220 e. The quantitative estimate of drug-likeness (QED) is 0.763. The topological polar surface area (TPSA) is 55.1 Å². The molecule has 1 rings (SSSR count). The first-order valence-corrected chi connectivity index (χ1v) is 6.99. The molecule has 0 aliphatic rings. The van der Waals surface area contributed by atoms with Gasteiger partial charge in [0, 0.05) is 23.9 Å². The third-order valence-electron chi connectivity index (χ3n) is 2.48. The van der Waals surface area contributed by atoms with Crippen LogP contribution in [0.25, 0.3) is 0 Å². The predicted octanol–water partition coefficient (Wildman–Crippen LogP) is 2.15. The fourth-order valence-electron chi connectivity index (χ4n) is 1.39. The first-order chi connectivity index (χ1) is 8.11. The Labute approximate surface area is 107 Å². The maximum atomic E-state index is 11.5. The number of amides is 1. The first-order valence-electron chi connectivity index (χ1n) is 5.77. The van der Waals surface area contributed by atoms with E-state index in [4.69, 9.17) is 5.73 Å². The van der Waals surface area contributed by atoms with E-state index in [-0.39, 0.29) is 11.9 Å². The van der Waals surface area contributed by atoms with E-state index in [0.717, 1.165) is 12.0 Å². The number of thioether (sulfide) groups is 1. The van der Waals surface area contributed by atoms with Crippen LogP contribution in [-0.2, 0) is 11.3 Å². The van der Waals surface area contributed by atoms with Crippen LogP contribution < -0.4 is 11.1 Å². The highest BCUT2D eigenvalue weighted by Gasteiger charge is 2.03. The number of benzene rings is 1. The summed E-state index contributed by atoms with van der Waals surface area (Å²) in [6.07, 6.45) is 3.28. The number of nitrogens with two attached hydrogens (primary N) is 1. The number of hydrogen-bond donors (Lipinski definition) is 2. The second-order valence-electron chi connectivity index (χ2n) is 4.14. The lowest BCUT2D eigenvalue weighted by molar-refractivity contribution is -0.121. The standard InChI is InChI=1S/C13H20N2OS/c1-10(14)3-8-13(16)15-9-11-4-6-12(17-2)7-5-11/h4-7,10H,3,8-9,14H2,1-2H3,(H,15,16). The van der Waals surface area contributed by atoms with Crippen molar-refractivity contribution in [1.82, 2.24) is 5.32 Å². The lowest BCUT2D eigenvalue weighted by Crippen LogP contribution is -2.25. The van der Waals surface area contributed by atoms with Gasteiger partial charge in [0.1, 0.15) is 0 Å². The molecule has 1 aromatic rings. The third kappa shape index (κ3) is 5.75. The van der Waals surface area contributed by atoms with Crippen molar-refractivity contribution >= 4 is 17.7 Å². The average Bonchev–Trinajstić information content (AvgIpc) is 2.34. The van der Waals surface area contributed by atoms with Crippen molar-refractivity contribution in [3.63, 3.8) is 0 Å². The van der Waals surface area contributed by atoms with Gasteiger partial charge in [-0.25, -0.2) is 0 Å². The molecule has 3 nitrogen and oxygen atoms in total. The van der Waals surface area contributed by atoms with E-state index in [1.54, 1.807) is 11.8 Å². The lowest BCUT2D eigenvalue weighted by Gasteiger charge is -2.07. The van der Waals surface area contributed by atoms with Gasteiger partial charge in [0.2, 0.25) is 5.91 Å². The molecule has 1 unspecified atom stereocenters. The monoisotopic (exact) mass is 252 g/mol. The summed E-state index contributed by atoms with van der Waals surface area (Å²) >= 11 is 1.71. The largest absolute Gasteiger partial charge is 0.352 e. The molecule has 0 fully saturated rings. The Hall–Kier alpha value is -1.00. The van der Waals surface area contributed by atoms with Crippen LogP contribution in [-0.4, -0.2) is 18.2 Å². The normalized spacial score (nSPS) is 12.2. The van der Waals surface area contributed by atoms with Crippen molar-refractivity contribution in [2.75, 3.05) is 6.26 Å². The number of nitrogens with one attached hydrogen (secondary N) is 1. The van der Waals surface area contributed by atoms with Crippen LogP contribution in [0.1, 0.15) is 25.3 Å². The molecule has 0 aliphatic carbocycles. The summed E-state index contributed by atoms with van der Waals surface area (Å²) in [5, 5.41) is 2.89. The SMILES string of the molecule is CSc1ccc(CNC(=O)CCC(C)N)cc1. The molecule has 0 aliphatic heterocycles. The van der Waals surface area contributed by atoms with E-state index in [9.17, 15) is 4.79 Å². The Balaban J connectivity index is 2.31. The van der Waals surface area contributed by atoms with Crippen LogP contribution in [0.5, 0.6) is 0 Å². The smallest absolute Gasteiger partial charge is 0.220 e. The van der Waals surface area contributed by atoms with Gasteiger partial charge in [0.25, 0.3) is 0 Å². The van der Waals surface area contributed by atoms with Gasteiger partial charge in [-0.2, -0.15) is 0 Å². The summed E-state index contributed by atoms with van der Waals surface area (Å²) in [5.74, 6) is 0.0660. The fraction of sp³-hybridized carbons (Fsp3) is 0.462. The van der Waals surface area contributed by atoms with Gasteiger partial charge in [0.15, 0.2) is 0 Å². The van der Waals surface area contributed by atoms with Gasteiger partial charge in [-0.05, 0) is 37.3 Å². The fourth-order valence-corrected chi connectivity index (χ4v) is 1.80. The Bertz CT molecular complexity index is 349. The Morgan fingerprint density at radius 1 is 1.41 bits per heavy atom. The summed E-state index contributed by atoms with van der Waals surface area (Å²) in [5.41, 5.74) is 6.72. The van der Waals surface area contributed by atoms with Gasteiger partial charge in [-0.3, -0.25) is 4.79 Å². The van der Waals surface area contributed by atoms with Gasteiger partial charge in [-0.1, -0.05) is 12.1 Å². The summed E-state index contributed by atoms with van der Waals surface area (Å²) in [7, 11) is 0. The van der Waals surface area contributed by atoms with Crippen molar-refractivity contribution in [2.45, 2.75) is 37.2 Å². The van der Waals surface area contributed by atoms with Crippen molar-refractivity contribution in [2.24, 2.45) is 5.73 Å². The zero-order chi connectivity index (χ0) is 12.7.